The van der Waals surface area contributed by atoms with Gasteiger partial charge in [-0.15, -0.1) is 0 Å². The molecular formula is C9H16N2S. The quantitative estimate of drug-likeness (QED) is 0.642. The van der Waals surface area contributed by atoms with Crippen molar-refractivity contribution in [1.29, 1.82) is 0 Å². The normalized spacial score (nSPS) is 10.7. The van der Waals surface area contributed by atoms with Crippen molar-refractivity contribution in [1.82, 2.24) is 9.13 Å². The second-order valence-corrected chi connectivity index (χ2v) is 3.31. The topological polar surface area (TPSA) is 9.86 Å². The average Bonchev–Trinajstić information content (AvgIpc) is 2.25. The molecule has 68 valence electrons. The Labute approximate surface area is 78.8 Å². The van der Waals surface area contributed by atoms with Gasteiger partial charge in [0.1, 0.15) is 0 Å². The molecular weight excluding hydrogens is 168 g/mol. The molecule has 2 nitrogen and oxygen atoms in total. The van der Waals surface area contributed by atoms with E-state index in [1.165, 1.54) is 11.4 Å². The number of rotatable bonds is 2. The van der Waals surface area contributed by atoms with Gasteiger partial charge in [-0.25, -0.2) is 0 Å². The van der Waals surface area contributed by atoms with E-state index >= 15 is 0 Å². The van der Waals surface area contributed by atoms with Gasteiger partial charge in [0.2, 0.25) is 0 Å². The third kappa shape index (κ3) is 1.22. The third-order valence-electron chi connectivity index (χ3n) is 2.43. The van der Waals surface area contributed by atoms with Crippen LogP contribution >= 0.6 is 12.2 Å². The molecule has 0 amide bonds. The van der Waals surface area contributed by atoms with Crippen LogP contribution in [0.3, 0.4) is 0 Å². The molecule has 0 aliphatic carbocycles. The van der Waals surface area contributed by atoms with Crippen LogP contribution in [-0.2, 0) is 13.1 Å². The van der Waals surface area contributed by atoms with Crippen LogP contribution in [0.25, 0.3) is 0 Å². The first-order valence-electron chi connectivity index (χ1n) is 4.40. The van der Waals surface area contributed by atoms with Gasteiger partial charge in [0.25, 0.3) is 0 Å². The zero-order valence-corrected chi connectivity index (χ0v) is 9.03. The van der Waals surface area contributed by atoms with E-state index < -0.39 is 0 Å². The van der Waals surface area contributed by atoms with Crippen molar-refractivity contribution in [3.8, 4) is 0 Å². The smallest absolute Gasteiger partial charge is 0.180 e. The summed E-state index contributed by atoms with van der Waals surface area (Å²) < 4.78 is 5.30. The third-order valence-corrected chi connectivity index (χ3v) is 2.87. The van der Waals surface area contributed by atoms with E-state index in [0.29, 0.717) is 0 Å². The molecule has 0 unspecified atom stereocenters. The van der Waals surface area contributed by atoms with Gasteiger partial charge in [-0.2, -0.15) is 0 Å². The van der Waals surface area contributed by atoms with E-state index in [2.05, 4.69) is 36.8 Å². The van der Waals surface area contributed by atoms with Crippen LogP contribution in [0.4, 0.5) is 0 Å². The zero-order valence-electron chi connectivity index (χ0n) is 8.22. The van der Waals surface area contributed by atoms with Crippen molar-refractivity contribution < 1.29 is 0 Å². The second-order valence-electron chi connectivity index (χ2n) is 2.94. The van der Waals surface area contributed by atoms with Crippen LogP contribution in [0, 0.1) is 18.6 Å². The summed E-state index contributed by atoms with van der Waals surface area (Å²) in [6.07, 6.45) is 0. The lowest BCUT2D eigenvalue weighted by molar-refractivity contribution is 0.670. The van der Waals surface area contributed by atoms with Gasteiger partial charge in [-0.3, -0.25) is 0 Å². The average molecular weight is 184 g/mol. The Balaban J connectivity index is 3.43. The maximum absolute atomic E-state index is 5.32. The van der Waals surface area contributed by atoms with Crippen molar-refractivity contribution in [3.05, 3.63) is 16.2 Å². The van der Waals surface area contributed by atoms with Gasteiger partial charge in [0, 0.05) is 24.5 Å². The lowest BCUT2D eigenvalue weighted by Crippen LogP contribution is -1.99. The highest BCUT2D eigenvalue weighted by atomic mass is 32.1. The molecule has 0 aliphatic heterocycles. The summed E-state index contributed by atoms with van der Waals surface area (Å²) in [5.41, 5.74) is 2.59. The Morgan fingerprint density at radius 1 is 1.00 bits per heavy atom. The first kappa shape index (κ1) is 9.52. The number of nitrogens with zero attached hydrogens (tertiary/aromatic N) is 2. The molecule has 3 heteroatoms. The Kier molecular flexibility index (Phi) is 2.73. The molecule has 0 bridgehead atoms. The van der Waals surface area contributed by atoms with E-state index in [1.54, 1.807) is 0 Å². The van der Waals surface area contributed by atoms with Crippen LogP contribution in [0.15, 0.2) is 0 Å². The van der Waals surface area contributed by atoms with Crippen LogP contribution in [0.2, 0.25) is 0 Å². The molecule has 1 rings (SSSR count). The molecule has 0 N–H and O–H groups in total. The fourth-order valence-corrected chi connectivity index (χ4v) is 2.10. The van der Waals surface area contributed by atoms with Crippen LogP contribution in [0.5, 0.6) is 0 Å². The van der Waals surface area contributed by atoms with E-state index in [1.807, 2.05) is 0 Å². The molecule has 0 radical (unpaired) electrons. The van der Waals surface area contributed by atoms with Gasteiger partial charge >= 0.3 is 0 Å². The van der Waals surface area contributed by atoms with Gasteiger partial charge in [0.05, 0.1) is 0 Å². The summed E-state index contributed by atoms with van der Waals surface area (Å²) in [5.74, 6) is 0. The number of hydrogen-bond acceptors (Lipinski definition) is 1. The van der Waals surface area contributed by atoms with E-state index in [4.69, 9.17) is 12.2 Å². The van der Waals surface area contributed by atoms with Crippen molar-refractivity contribution in [2.75, 3.05) is 0 Å². The van der Waals surface area contributed by atoms with Gasteiger partial charge in [-0.05, 0) is 39.9 Å². The maximum Gasteiger partial charge on any atom is 0.180 e. The molecule has 1 aromatic heterocycles. The highest BCUT2D eigenvalue weighted by Gasteiger charge is 2.06. The molecule has 0 saturated heterocycles. The first-order valence-corrected chi connectivity index (χ1v) is 4.80. The minimum atomic E-state index is 0.954. The highest BCUT2D eigenvalue weighted by molar-refractivity contribution is 7.71. The Bertz CT molecular complexity index is 303. The summed E-state index contributed by atoms with van der Waals surface area (Å²) >= 11 is 5.32. The van der Waals surface area contributed by atoms with Crippen molar-refractivity contribution in [2.24, 2.45) is 0 Å². The fraction of sp³-hybridized carbons (Fsp3) is 0.667. The summed E-state index contributed by atoms with van der Waals surface area (Å²) in [6.45, 7) is 10.4. The Morgan fingerprint density at radius 2 is 1.33 bits per heavy atom. The number of hydrogen-bond donors (Lipinski definition) is 0. The molecule has 0 saturated carbocycles. The molecule has 12 heavy (non-hydrogen) atoms. The molecule has 0 aliphatic rings. The molecule has 0 aromatic carbocycles. The van der Waals surface area contributed by atoms with Gasteiger partial charge in [-0.1, -0.05) is 0 Å². The fourth-order valence-electron chi connectivity index (χ4n) is 1.57. The highest BCUT2D eigenvalue weighted by Crippen LogP contribution is 2.11. The summed E-state index contributed by atoms with van der Waals surface area (Å²) in [5, 5.41) is 0. The number of imidazole rings is 1. The van der Waals surface area contributed by atoms with E-state index in [-0.39, 0.29) is 0 Å². The summed E-state index contributed by atoms with van der Waals surface area (Å²) in [6, 6.07) is 0. The molecule has 0 spiro atoms. The predicted molar refractivity (Wildman–Crippen MR) is 54.1 cm³/mol. The molecule has 0 fully saturated rings. The van der Waals surface area contributed by atoms with Gasteiger partial charge < -0.3 is 9.13 Å². The van der Waals surface area contributed by atoms with Gasteiger partial charge in [0.15, 0.2) is 4.77 Å². The largest absolute Gasteiger partial charge is 0.321 e. The van der Waals surface area contributed by atoms with Crippen molar-refractivity contribution >= 4 is 12.2 Å². The minimum Gasteiger partial charge on any atom is -0.321 e. The van der Waals surface area contributed by atoms with Crippen molar-refractivity contribution in [2.45, 2.75) is 40.8 Å². The maximum atomic E-state index is 5.32. The Hall–Kier alpha value is -0.570. The monoisotopic (exact) mass is 184 g/mol. The predicted octanol–water partition coefficient (Wildman–Crippen LogP) is 2.68. The SMILES string of the molecule is CCn1c(C)c(C)n(CC)c1=S. The summed E-state index contributed by atoms with van der Waals surface area (Å²) in [7, 11) is 0. The molecule has 1 heterocycles. The van der Waals surface area contributed by atoms with Crippen molar-refractivity contribution in [3.63, 3.8) is 0 Å². The molecule has 0 atom stereocenters. The molecule has 1 aromatic rings. The van der Waals surface area contributed by atoms with Crippen LogP contribution < -0.4 is 0 Å². The summed E-state index contributed by atoms with van der Waals surface area (Å²) in [4.78, 5) is 0. The lowest BCUT2D eigenvalue weighted by atomic mass is 10.3. The first-order chi connectivity index (χ1) is 5.63. The second kappa shape index (κ2) is 3.44. The minimum absolute atomic E-state index is 0.954. The van der Waals surface area contributed by atoms with E-state index in [9.17, 15) is 0 Å². The van der Waals surface area contributed by atoms with E-state index in [0.717, 1.165) is 17.9 Å². The van der Waals surface area contributed by atoms with Crippen LogP contribution in [-0.4, -0.2) is 9.13 Å². The standard InChI is InChI=1S/C9H16N2S/c1-5-10-7(3)8(4)11(6-2)9(10)12/h5-6H2,1-4H3. The number of aromatic nitrogens is 2. The lowest BCUT2D eigenvalue weighted by Gasteiger charge is -1.98. The zero-order chi connectivity index (χ0) is 9.30. The Morgan fingerprint density at radius 3 is 1.50 bits per heavy atom. The van der Waals surface area contributed by atoms with Crippen LogP contribution in [0.1, 0.15) is 25.2 Å².